The van der Waals surface area contributed by atoms with Gasteiger partial charge in [-0.05, 0) is 5.92 Å². The highest BCUT2D eigenvalue weighted by atomic mass is 16.5. The van der Waals surface area contributed by atoms with E-state index >= 15 is 0 Å². The zero-order chi connectivity index (χ0) is 10.1. The molecule has 0 aliphatic heterocycles. The van der Waals surface area contributed by atoms with E-state index in [0.717, 1.165) is 12.8 Å². The summed E-state index contributed by atoms with van der Waals surface area (Å²) in [6, 6.07) is 0. The van der Waals surface area contributed by atoms with E-state index in [1.807, 2.05) is 0 Å². The summed E-state index contributed by atoms with van der Waals surface area (Å²) in [7, 11) is 1.64. The molecule has 0 aromatic carbocycles. The molecular weight excluding hydrogens is 168 g/mol. The topological polar surface area (TPSA) is 35.5 Å². The van der Waals surface area contributed by atoms with Crippen molar-refractivity contribution < 1.29 is 14.3 Å². The molecule has 1 unspecified atom stereocenters. The molecule has 3 nitrogen and oxygen atoms in total. The molecule has 0 radical (unpaired) electrons. The van der Waals surface area contributed by atoms with Crippen LogP contribution < -0.4 is 0 Å². The van der Waals surface area contributed by atoms with Crippen LogP contribution in [0.4, 0.5) is 0 Å². The molecule has 0 spiro atoms. The Morgan fingerprint density at radius 2 is 2.08 bits per heavy atom. The summed E-state index contributed by atoms with van der Waals surface area (Å²) < 4.78 is 9.83. The Kier molecular flexibility index (Phi) is 7.69. The molecule has 0 aliphatic carbocycles. The van der Waals surface area contributed by atoms with Gasteiger partial charge in [0.2, 0.25) is 0 Å². The maximum Gasteiger partial charge on any atom is 0.306 e. The second-order valence-electron chi connectivity index (χ2n) is 3.28. The molecule has 0 N–H and O–H groups in total. The van der Waals surface area contributed by atoms with Gasteiger partial charge in [-0.1, -0.05) is 20.3 Å². The lowest BCUT2D eigenvalue weighted by Gasteiger charge is -2.08. The van der Waals surface area contributed by atoms with Crippen LogP contribution in [0.15, 0.2) is 0 Å². The van der Waals surface area contributed by atoms with Gasteiger partial charge in [-0.2, -0.15) is 0 Å². The van der Waals surface area contributed by atoms with Crippen LogP contribution in [0.25, 0.3) is 0 Å². The summed E-state index contributed by atoms with van der Waals surface area (Å²) in [5, 5.41) is 0. The molecule has 0 saturated heterocycles. The molecule has 3 heteroatoms. The second-order valence-corrected chi connectivity index (χ2v) is 3.28. The first-order valence-electron chi connectivity index (χ1n) is 4.85. The van der Waals surface area contributed by atoms with E-state index in [9.17, 15) is 4.79 Å². The summed E-state index contributed by atoms with van der Waals surface area (Å²) in [5.74, 6) is 0.334. The number of esters is 1. The molecule has 0 saturated carbocycles. The first kappa shape index (κ1) is 12.4. The molecule has 0 rings (SSSR count). The first-order valence-corrected chi connectivity index (χ1v) is 4.85. The third-order valence-electron chi connectivity index (χ3n) is 1.97. The third kappa shape index (κ3) is 7.78. The summed E-state index contributed by atoms with van der Waals surface area (Å²) in [6.45, 7) is 5.25. The quantitative estimate of drug-likeness (QED) is 0.453. The fourth-order valence-electron chi connectivity index (χ4n) is 0.877. The van der Waals surface area contributed by atoms with E-state index < -0.39 is 0 Å². The van der Waals surface area contributed by atoms with Crippen molar-refractivity contribution in [1.82, 2.24) is 0 Å². The summed E-state index contributed by atoms with van der Waals surface area (Å²) in [4.78, 5) is 11.1. The molecule has 0 aromatic rings. The van der Waals surface area contributed by atoms with Gasteiger partial charge in [-0.3, -0.25) is 4.79 Å². The zero-order valence-corrected chi connectivity index (χ0v) is 8.84. The van der Waals surface area contributed by atoms with E-state index in [4.69, 9.17) is 9.47 Å². The van der Waals surface area contributed by atoms with Gasteiger partial charge in [0.25, 0.3) is 0 Å². The minimum absolute atomic E-state index is 0.0922. The van der Waals surface area contributed by atoms with Crippen molar-refractivity contribution in [2.45, 2.75) is 33.1 Å². The molecule has 1 atom stereocenters. The average molecular weight is 188 g/mol. The molecule has 78 valence electrons. The number of methoxy groups -OCH3 is 1. The van der Waals surface area contributed by atoms with Crippen LogP contribution in [-0.4, -0.2) is 26.3 Å². The van der Waals surface area contributed by atoms with E-state index in [2.05, 4.69) is 13.8 Å². The standard InChI is InChI=1S/C10H20O3/c1-4-9(2)8-10(11)13-7-5-6-12-3/h9H,4-8H2,1-3H3. The highest BCUT2D eigenvalue weighted by Gasteiger charge is 2.07. The van der Waals surface area contributed by atoms with Gasteiger partial charge in [0.1, 0.15) is 0 Å². The maximum absolute atomic E-state index is 11.1. The van der Waals surface area contributed by atoms with E-state index in [1.165, 1.54) is 0 Å². The molecule has 0 amide bonds. The minimum Gasteiger partial charge on any atom is -0.466 e. The number of ether oxygens (including phenoxy) is 2. The van der Waals surface area contributed by atoms with Crippen molar-refractivity contribution in [2.75, 3.05) is 20.3 Å². The predicted octanol–water partition coefficient (Wildman–Crippen LogP) is 2.00. The van der Waals surface area contributed by atoms with Crippen molar-refractivity contribution >= 4 is 5.97 Å². The van der Waals surface area contributed by atoms with E-state index in [-0.39, 0.29) is 5.97 Å². The Bertz CT molecular complexity index is 134. The lowest BCUT2D eigenvalue weighted by Crippen LogP contribution is -2.10. The third-order valence-corrected chi connectivity index (χ3v) is 1.97. The SMILES string of the molecule is CCC(C)CC(=O)OCCCOC. The maximum atomic E-state index is 11.1. The normalized spacial score (nSPS) is 12.5. The van der Waals surface area contributed by atoms with Crippen LogP contribution in [0, 0.1) is 5.92 Å². The predicted molar refractivity (Wildman–Crippen MR) is 51.5 cm³/mol. The Hall–Kier alpha value is -0.570. The van der Waals surface area contributed by atoms with Gasteiger partial charge in [0.15, 0.2) is 0 Å². The number of carbonyl (C=O) groups excluding carboxylic acids is 1. The monoisotopic (exact) mass is 188 g/mol. The summed E-state index contributed by atoms with van der Waals surface area (Å²) in [5.41, 5.74) is 0. The van der Waals surface area contributed by atoms with Crippen molar-refractivity contribution in [3.8, 4) is 0 Å². The van der Waals surface area contributed by atoms with Gasteiger partial charge in [-0.15, -0.1) is 0 Å². The summed E-state index contributed by atoms with van der Waals surface area (Å²) >= 11 is 0. The number of carbonyl (C=O) groups is 1. The number of rotatable bonds is 7. The van der Waals surface area contributed by atoms with Gasteiger partial charge in [0.05, 0.1) is 6.61 Å². The molecule has 0 aromatic heterocycles. The molecule has 0 fully saturated rings. The fraction of sp³-hybridized carbons (Fsp3) is 0.900. The van der Waals surface area contributed by atoms with Gasteiger partial charge < -0.3 is 9.47 Å². The van der Waals surface area contributed by atoms with Gasteiger partial charge in [-0.25, -0.2) is 0 Å². The van der Waals surface area contributed by atoms with Crippen LogP contribution >= 0.6 is 0 Å². The lowest BCUT2D eigenvalue weighted by atomic mass is 10.1. The van der Waals surface area contributed by atoms with E-state index in [1.54, 1.807) is 7.11 Å². The van der Waals surface area contributed by atoms with Crippen LogP contribution in [0.3, 0.4) is 0 Å². The first-order chi connectivity index (χ1) is 6.20. The molecule has 0 aliphatic rings. The molecular formula is C10H20O3. The van der Waals surface area contributed by atoms with Gasteiger partial charge in [0, 0.05) is 26.6 Å². The van der Waals surface area contributed by atoms with Crippen LogP contribution in [0.1, 0.15) is 33.1 Å². The van der Waals surface area contributed by atoms with Crippen LogP contribution in [0.5, 0.6) is 0 Å². The second kappa shape index (κ2) is 8.05. The smallest absolute Gasteiger partial charge is 0.306 e. The van der Waals surface area contributed by atoms with Crippen molar-refractivity contribution in [3.63, 3.8) is 0 Å². The van der Waals surface area contributed by atoms with Crippen molar-refractivity contribution in [2.24, 2.45) is 5.92 Å². The van der Waals surface area contributed by atoms with Gasteiger partial charge >= 0.3 is 5.97 Å². The lowest BCUT2D eigenvalue weighted by molar-refractivity contribution is -0.145. The number of hydrogen-bond donors (Lipinski definition) is 0. The van der Waals surface area contributed by atoms with Crippen LogP contribution in [0.2, 0.25) is 0 Å². The zero-order valence-electron chi connectivity index (χ0n) is 8.84. The largest absolute Gasteiger partial charge is 0.466 e. The van der Waals surface area contributed by atoms with Crippen LogP contribution in [-0.2, 0) is 14.3 Å². The Labute approximate surface area is 80.4 Å². The van der Waals surface area contributed by atoms with E-state index in [0.29, 0.717) is 25.6 Å². The molecule has 13 heavy (non-hydrogen) atoms. The number of hydrogen-bond acceptors (Lipinski definition) is 3. The van der Waals surface area contributed by atoms with Crippen molar-refractivity contribution in [3.05, 3.63) is 0 Å². The molecule has 0 heterocycles. The Morgan fingerprint density at radius 3 is 2.62 bits per heavy atom. The Balaban J connectivity index is 3.30. The highest BCUT2D eigenvalue weighted by molar-refractivity contribution is 5.69. The minimum atomic E-state index is -0.0922. The average Bonchev–Trinajstić information content (AvgIpc) is 2.12. The molecule has 0 bridgehead atoms. The summed E-state index contributed by atoms with van der Waals surface area (Å²) in [6.07, 6.45) is 2.33. The Morgan fingerprint density at radius 1 is 1.38 bits per heavy atom. The van der Waals surface area contributed by atoms with Crippen molar-refractivity contribution in [1.29, 1.82) is 0 Å². The fourth-order valence-corrected chi connectivity index (χ4v) is 0.877. The highest BCUT2D eigenvalue weighted by Crippen LogP contribution is 2.07.